The predicted octanol–water partition coefficient (Wildman–Crippen LogP) is 3.76. The van der Waals surface area contributed by atoms with E-state index in [4.69, 9.17) is 5.73 Å². The van der Waals surface area contributed by atoms with Crippen LogP contribution < -0.4 is 5.73 Å². The number of aromatic nitrogens is 1. The quantitative estimate of drug-likeness (QED) is 0.795. The maximum atomic E-state index is 13.8. The zero-order valence-corrected chi connectivity index (χ0v) is 11.3. The molecule has 2 aromatic carbocycles. The Kier molecular flexibility index (Phi) is 3.62. The number of rotatable bonds is 3. The van der Waals surface area contributed by atoms with Gasteiger partial charge in [0.05, 0.1) is 5.52 Å². The van der Waals surface area contributed by atoms with Crippen molar-refractivity contribution in [2.45, 2.75) is 12.5 Å². The monoisotopic (exact) mass is 284 g/mol. The molecule has 0 saturated carbocycles. The molecule has 21 heavy (non-hydrogen) atoms. The van der Waals surface area contributed by atoms with Gasteiger partial charge in [-0.05, 0) is 30.2 Å². The second kappa shape index (κ2) is 5.58. The Labute approximate surface area is 121 Å². The van der Waals surface area contributed by atoms with Crippen LogP contribution in [0.1, 0.15) is 17.2 Å². The fraction of sp³-hybridized carbons (Fsp3) is 0.118. The van der Waals surface area contributed by atoms with Crippen molar-refractivity contribution >= 4 is 10.9 Å². The van der Waals surface area contributed by atoms with Crippen LogP contribution in [0.4, 0.5) is 8.78 Å². The Bertz CT molecular complexity index is 781. The summed E-state index contributed by atoms with van der Waals surface area (Å²) in [6.07, 6.45) is 2.12. The van der Waals surface area contributed by atoms with E-state index in [1.165, 1.54) is 12.1 Å². The molecule has 2 N–H and O–H groups in total. The molecule has 0 radical (unpaired) electrons. The molecule has 0 aliphatic heterocycles. The molecule has 3 rings (SSSR count). The Morgan fingerprint density at radius 3 is 2.67 bits per heavy atom. The van der Waals surface area contributed by atoms with Crippen LogP contribution in [-0.4, -0.2) is 4.98 Å². The molecule has 1 heterocycles. The standard InChI is InChI=1S/C17H14F2N2/c18-14-6-3-5-13(17(14)19)15(20)10-11-8-9-21-16-7-2-1-4-12(11)16/h1-9,15H,10,20H2. The first kappa shape index (κ1) is 13.6. The van der Waals surface area contributed by atoms with Gasteiger partial charge in [0.15, 0.2) is 11.6 Å². The van der Waals surface area contributed by atoms with Gasteiger partial charge in [0.2, 0.25) is 0 Å². The molecule has 0 aliphatic carbocycles. The molecule has 1 atom stereocenters. The Morgan fingerprint density at radius 2 is 1.81 bits per heavy atom. The number of nitrogens with zero attached hydrogens (tertiary/aromatic N) is 1. The van der Waals surface area contributed by atoms with Gasteiger partial charge in [0, 0.05) is 23.2 Å². The first-order valence-electron chi connectivity index (χ1n) is 6.69. The van der Waals surface area contributed by atoms with Crippen LogP contribution in [0, 0.1) is 11.6 Å². The minimum atomic E-state index is -0.873. The van der Waals surface area contributed by atoms with Crippen molar-refractivity contribution in [2.75, 3.05) is 0 Å². The van der Waals surface area contributed by atoms with E-state index in [2.05, 4.69) is 4.98 Å². The van der Waals surface area contributed by atoms with Crippen LogP contribution in [0.3, 0.4) is 0 Å². The third kappa shape index (κ3) is 2.62. The van der Waals surface area contributed by atoms with Crippen LogP contribution in [0.25, 0.3) is 10.9 Å². The average molecular weight is 284 g/mol. The lowest BCUT2D eigenvalue weighted by atomic mass is 9.97. The average Bonchev–Trinajstić information content (AvgIpc) is 2.50. The molecule has 1 aromatic heterocycles. The van der Waals surface area contributed by atoms with Gasteiger partial charge in [-0.2, -0.15) is 0 Å². The molecule has 1 unspecified atom stereocenters. The number of nitrogens with two attached hydrogens (primary N) is 1. The topological polar surface area (TPSA) is 38.9 Å². The van der Waals surface area contributed by atoms with E-state index < -0.39 is 17.7 Å². The number of hydrogen-bond donors (Lipinski definition) is 1. The predicted molar refractivity (Wildman–Crippen MR) is 78.7 cm³/mol. The van der Waals surface area contributed by atoms with E-state index in [1.807, 2.05) is 30.3 Å². The summed E-state index contributed by atoms with van der Waals surface area (Å²) in [6.45, 7) is 0. The highest BCUT2D eigenvalue weighted by molar-refractivity contribution is 5.81. The normalized spacial score (nSPS) is 12.5. The lowest BCUT2D eigenvalue weighted by Gasteiger charge is -2.14. The fourth-order valence-corrected chi connectivity index (χ4v) is 2.49. The molecule has 0 fully saturated rings. The smallest absolute Gasteiger partial charge is 0.163 e. The summed E-state index contributed by atoms with van der Waals surface area (Å²) in [4.78, 5) is 4.28. The molecule has 0 aliphatic rings. The van der Waals surface area contributed by atoms with E-state index in [9.17, 15) is 8.78 Å². The number of hydrogen-bond acceptors (Lipinski definition) is 2. The zero-order chi connectivity index (χ0) is 14.8. The molecule has 0 bridgehead atoms. The van der Waals surface area contributed by atoms with Crippen LogP contribution in [0.15, 0.2) is 54.7 Å². The van der Waals surface area contributed by atoms with Gasteiger partial charge >= 0.3 is 0 Å². The van der Waals surface area contributed by atoms with Gasteiger partial charge in [-0.15, -0.1) is 0 Å². The van der Waals surface area contributed by atoms with E-state index in [0.29, 0.717) is 6.42 Å². The highest BCUT2D eigenvalue weighted by Crippen LogP contribution is 2.24. The number of para-hydroxylation sites is 1. The fourth-order valence-electron chi connectivity index (χ4n) is 2.49. The number of pyridine rings is 1. The molecular weight excluding hydrogens is 270 g/mol. The van der Waals surface area contributed by atoms with E-state index in [1.54, 1.807) is 6.20 Å². The van der Waals surface area contributed by atoms with Crippen LogP contribution >= 0.6 is 0 Å². The third-order valence-corrected chi connectivity index (χ3v) is 3.56. The molecule has 106 valence electrons. The lowest BCUT2D eigenvalue weighted by molar-refractivity contribution is 0.488. The number of benzene rings is 2. The highest BCUT2D eigenvalue weighted by Gasteiger charge is 2.16. The molecule has 3 aromatic rings. The summed E-state index contributed by atoms with van der Waals surface area (Å²) in [5, 5.41) is 0.979. The molecule has 2 nitrogen and oxygen atoms in total. The van der Waals surface area contributed by atoms with Gasteiger partial charge in [0.1, 0.15) is 0 Å². The molecular formula is C17H14F2N2. The summed E-state index contributed by atoms with van der Waals surface area (Å²) < 4.78 is 27.1. The van der Waals surface area contributed by atoms with Gasteiger partial charge in [-0.1, -0.05) is 30.3 Å². The Morgan fingerprint density at radius 1 is 1.00 bits per heavy atom. The zero-order valence-electron chi connectivity index (χ0n) is 11.3. The summed E-state index contributed by atoms with van der Waals surface area (Å²) in [5.41, 5.74) is 8.08. The van der Waals surface area contributed by atoms with Crippen molar-refractivity contribution in [3.05, 3.63) is 77.5 Å². The van der Waals surface area contributed by atoms with E-state index in [-0.39, 0.29) is 5.56 Å². The summed E-state index contributed by atoms with van der Waals surface area (Å²) in [5.74, 6) is -1.74. The van der Waals surface area contributed by atoms with Gasteiger partial charge in [-0.25, -0.2) is 8.78 Å². The van der Waals surface area contributed by atoms with Gasteiger partial charge < -0.3 is 5.73 Å². The first-order valence-corrected chi connectivity index (χ1v) is 6.69. The van der Waals surface area contributed by atoms with Crippen molar-refractivity contribution in [1.82, 2.24) is 4.98 Å². The van der Waals surface area contributed by atoms with Crippen LogP contribution in [0.5, 0.6) is 0 Å². The summed E-state index contributed by atoms with van der Waals surface area (Å²) >= 11 is 0. The SMILES string of the molecule is NC(Cc1ccnc2ccccc12)c1cccc(F)c1F. The Hall–Kier alpha value is -2.33. The molecule has 0 spiro atoms. The molecule has 4 heteroatoms. The molecule has 0 amide bonds. The maximum Gasteiger partial charge on any atom is 0.163 e. The van der Waals surface area contributed by atoms with Gasteiger partial charge in [-0.3, -0.25) is 4.98 Å². The first-order chi connectivity index (χ1) is 10.2. The van der Waals surface area contributed by atoms with E-state index in [0.717, 1.165) is 22.5 Å². The summed E-state index contributed by atoms with van der Waals surface area (Å²) in [6, 6.07) is 13.0. The lowest BCUT2D eigenvalue weighted by Crippen LogP contribution is -2.16. The largest absolute Gasteiger partial charge is 0.324 e. The van der Waals surface area contributed by atoms with Crippen molar-refractivity contribution in [3.8, 4) is 0 Å². The number of halogens is 2. The molecule has 0 saturated heterocycles. The van der Waals surface area contributed by atoms with Crippen molar-refractivity contribution < 1.29 is 8.78 Å². The third-order valence-electron chi connectivity index (χ3n) is 3.56. The van der Waals surface area contributed by atoms with Crippen molar-refractivity contribution in [1.29, 1.82) is 0 Å². The van der Waals surface area contributed by atoms with Crippen LogP contribution in [0.2, 0.25) is 0 Å². The highest BCUT2D eigenvalue weighted by atomic mass is 19.2. The van der Waals surface area contributed by atoms with Crippen molar-refractivity contribution in [2.24, 2.45) is 5.73 Å². The summed E-state index contributed by atoms with van der Waals surface area (Å²) in [7, 11) is 0. The van der Waals surface area contributed by atoms with Gasteiger partial charge in [0.25, 0.3) is 0 Å². The second-order valence-electron chi connectivity index (χ2n) is 4.94. The minimum Gasteiger partial charge on any atom is -0.324 e. The number of fused-ring (bicyclic) bond motifs is 1. The van der Waals surface area contributed by atoms with Crippen molar-refractivity contribution in [3.63, 3.8) is 0 Å². The van der Waals surface area contributed by atoms with E-state index >= 15 is 0 Å². The Balaban J connectivity index is 1.97. The second-order valence-corrected chi connectivity index (χ2v) is 4.94. The van der Waals surface area contributed by atoms with Crippen LogP contribution in [-0.2, 0) is 6.42 Å². The maximum absolute atomic E-state index is 13.8. The minimum absolute atomic E-state index is 0.191.